The van der Waals surface area contributed by atoms with Crippen LogP contribution >= 0.6 is 0 Å². The highest BCUT2D eigenvalue weighted by molar-refractivity contribution is 5.89. The molecule has 21 heavy (non-hydrogen) atoms. The van der Waals surface area contributed by atoms with Gasteiger partial charge >= 0.3 is 5.97 Å². The fourth-order valence-corrected chi connectivity index (χ4v) is 1.81. The molecule has 0 bridgehead atoms. The van der Waals surface area contributed by atoms with E-state index in [1.807, 2.05) is 6.92 Å². The Kier molecular flexibility index (Phi) is 4.94. The number of benzene rings is 1. The molecule has 0 aliphatic rings. The lowest BCUT2D eigenvalue weighted by atomic mass is 10.2. The molecule has 2 aromatic rings. The predicted molar refractivity (Wildman–Crippen MR) is 75.2 cm³/mol. The molecule has 0 saturated carbocycles. The molecule has 6 nitrogen and oxygen atoms in total. The van der Waals surface area contributed by atoms with Crippen molar-refractivity contribution in [1.82, 2.24) is 4.98 Å². The summed E-state index contributed by atoms with van der Waals surface area (Å²) in [7, 11) is 1.59. The molecule has 0 spiro atoms. The number of esters is 1. The minimum Gasteiger partial charge on any atom is -0.497 e. The molecule has 1 N–H and O–H groups in total. The number of aliphatic hydroxyl groups is 1. The van der Waals surface area contributed by atoms with E-state index in [0.29, 0.717) is 18.1 Å². The third kappa shape index (κ3) is 3.41. The zero-order chi connectivity index (χ0) is 15.2. The number of methoxy groups -OCH3 is 1. The SMILES string of the molecule is CCc1oc(-c2ccc(OC)cc2)nc1C(=O)OCCO. The average molecular weight is 291 g/mol. The molecule has 112 valence electrons. The van der Waals surface area contributed by atoms with E-state index in [-0.39, 0.29) is 18.9 Å². The Labute approximate surface area is 122 Å². The van der Waals surface area contributed by atoms with Crippen molar-refractivity contribution in [3.05, 3.63) is 35.7 Å². The number of rotatable bonds is 6. The second-order valence-electron chi connectivity index (χ2n) is 4.23. The van der Waals surface area contributed by atoms with Crippen molar-refractivity contribution in [2.45, 2.75) is 13.3 Å². The summed E-state index contributed by atoms with van der Waals surface area (Å²) in [5.74, 6) is 0.947. The highest BCUT2D eigenvalue weighted by atomic mass is 16.5. The van der Waals surface area contributed by atoms with E-state index >= 15 is 0 Å². The minimum atomic E-state index is -0.593. The fraction of sp³-hybridized carbons (Fsp3) is 0.333. The normalized spacial score (nSPS) is 10.4. The Morgan fingerprint density at radius 1 is 1.33 bits per heavy atom. The van der Waals surface area contributed by atoms with E-state index in [9.17, 15) is 4.79 Å². The van der Waals surface area contributed by atoms with Crippen molar-refractivity contribution in [2.24, 2.45) is 0 Å². The summed E-state index contributed by atoms with van der Waals surface area (Å²) in [5, 5.41) is 8.69. The molecular weight excluding hydrogens is 274 g/mol. The smallest absolute Gasteiger partial charge is 0.360 e. The molecule has 0 aliphatic carbocycles. The maximum Gasteiger partial charge on any atom is 0.360 e. The number of aryl methyl sites for hydroxylation is 1. The van der Waals surface area contributed by atoms with Crippen LogP contribution in [0.2, 0.25) is 0 Å². The van der Waals surface area contributed by atoms with E-state index in [2.05, 4.69) is 4.98 Å². The number of oxazole rings is 1. The standard InChI is InChI=1S/C15H17NO5/c1-3-12-13(15(18)20-9-8-17)16-14(21-12)10-4-6-11(19-2)7-5-10/h4-7,17H,3,8-9H2,1-2H3. The molecule has 1 aromatic carbocycles. The molecule has 0 atom stereocenters. The number of aliphatic hydroxyl groups excluding tert-OH is 1. The van der Waals surface area contributed by atoms with Gasteiger partial charge in [0, 0.05) is 12.0 Å². The quantitative estimate of drug-likeness (QED) is 0.820. The van der Waals surface area contributed by atoms with Crippen LogP contribution in [-0.4, -0.2) is 36.4 Å². The highest BCUT2D eigenvalue weighted by Gasteiger charge is 2.20. The van der Waals surface area contributed by atoms with Crippen molar-refractivity contribution >= 4 is 5.97 Å². The lowest BCUT2D eigenvalue weighted by Gasteiger charge is -1.99. The van der Waals surface area contributed by atoms with Crippen LogP contribution in [0, 0.1) is 0 Å². The van der Waals surface area contributed by atoms with E-state index in [1.165, 1.54) is 0 Å². The van der Waals surface area contributed by atoms with E-state index in [1.54, 1.807) is 31.4 Å². The molecule has 0 saturated heterocycles. The summed E-state index contributed by atoms with van der Waals surface area (Å²) in [6, 6.07) is 7.17. The number of hydrogen-bond acceptors (Lipinski definition) is 6. The van der Waals surface area contributed by atoms with Crippen LogP contribution in [0.15, 0.2) is 28.7 Å². The lowest BCUT2D eigenvalue weighted by Crippen LogP contribution is -2.10. The van der Waals surface area contributed by atoms with Crippen molar-refractivity contribution in [1.29, 1.82) is 0 Å². The molecule has 0 fully saturated rings. The van der Waals surface area contributed by atoms with Crippen LogP contribution < -0.4 is 4.74 Å². The van der Waals surface area contributed by atoms with Gasteiger partial charge in [0.25, 0.3) is 0 Å². The Hall–Kier alpha value is -2.34. The zero-order valence-electron chi connectivity index (χ0n) is 12.0. The third-order valence-electron chi connectivity index (χ3n) is 2.87. The van der Waals surface area contributed by atoms with Gasteiger partial charge in [-0.25, -0.2) is 9.78 Å². The number of aromatic nitrogens is 1. The van der Waals surface area contributed by atoms with Gasteiger partial charge in [-0.05, 0) is 24.3 Å². The summed E-state index contributed by atoms with van der Waals surface area (Å²) in [5.41, 5.74) is 0.892. The van der Waals surface area contributed by atoms with Crippen LogP contribution in [0.1, 0.15) is 23.2 Å². The summed E-state index contributed by atoms with van der Waals surface area (Å²) < 4.78 is 15.6. The predicted octanol–water partition coefficient (Wildman–Crippen LogP) is 2.06. The first-order chi connectivity index (χ1) is 10.2. The Balaban J connectivity index is 2.28. The van der Waals surface area contributed by atoms with Gasteiger partial charge in [0.1, 0.15) is 18.1 Å². The van der Waals surface area contributed by atoms with Gasteiger partial charge in [0.2, 0.25) is 5.89 Å². The first kappa shape index (κ1) is 15.1. The van der Waals surface area contributed by atoms with Crippen LogP contribution in [-0.2, 0) is 11.2 Å². The van der Waals surface area contributed by atoms with Gasteiger partial charge in [-0.15, -0.1) is 0 Å². The summed E-state index contributed by atoms with van der Waals surface area (Å²) in [6.07, 6.45) is 0.521. The van der Waals surface area contributed by atoms with E-state index in [4.69, 9.17) is 19.0 Å². The number of nitrogens with zero attached hydrogens (tertiary/aromatic N) is 1. The monoisotopic (exact) mass is 291 g/mol. The largest absolute Gasteiger partial charge is 0.497 e. The number of carbonyl (C=O) groups excluding carboxylic acids is 1. The van der Waals surface area contributed by atoms with Gasteiger partial charge in [-0.3, -0.25) is 0 Å². The van der Waals surface area contributed by atoms with Crippen LogP contribution in [0.4, 0.5) is 0 Å². The molecule has 0 unspecified atom stereocenters. The summed E-state index contributed by atoms with van der Waals surface area (Å²) in [6.45, 7) is 1.57. The summed E-state index contributed by atoms with van der Waals surface area (Å²) >= 11 is 0. The van der Waals surface area contributed by atoms with Crippen molar-refractivity contribution in [3.63, 3.8) is 0 Å². The topological polar surface area (TPSA) is 81.8 Å². The zero-order valence-corrected chi connectivity index (χ0v) is 12.0. The van der Waals surface area contributed by atoms with Crippen molar-refractivity contribution < 1.29 is 23.8 Å². The highest BCUT2D eigenvalue weighted by Crippen LogP contribution is 2.25. The van der Waals surface area contributed by atoms with Gasteiger partial charge in [-0.2, -0.15) is 0 Å². The molecule has 0 radical (unpaired) electrons. The summed E-state index contributed by atoms with van der Waals surface area (Å²) in [4.78, 5) is 16.0. The second kappa shape index (κ2) is 6.90. The molecule has 2 rings (SSSR count). The van der Waals surface area contributed by atoms with Crippen LogP contribution in [0.25, 0.3) is 11.5 Å². The first-order valence-electron chi connectivity index (χ1n) is 6.61. The fourth-order valence-electron chi connectivity index (χ4n) is 1.81. The Morgan fingerprint density at radius 3 is 2.62 bits per heavy atom. The molecular formula is C15H17NO5. The first-order valence-corrected chi connectivity index (χ1v) is 6.61. The minimum absolute atomic E-state index is 0.0628. The van der Waals surface area contributed by atoms with Gasteiger partial charge in [0.05, 0.1) is 13.7 Å². The van der Waals surface area contributed by atoms with E-state index in [0.717, 1.165) is 11.3 Å². The number of hydrogen-bond donors (Lipinski definition) is 1. The van der Waals surface area contributed by atoms with Crippen molar-refractivity contribution in [3.8, 4) is 17.2 Å². The number of carbonyl (C=O) groups is 1. The Bertz CT molecular complexity index is 603. The number of ether oxygens (including phenoxy) is 2. The molecule has 1 aromatic heterocycles. The molecule has 0 amide bonds. The second-order valence-corrected chi connectivity index (χ2v) is 4.23. The van der Waals surface area contributed by atoms with Gasteiger partial charge < -0.3 is 19.0 Å². The Morgan fingerprint density at radius 2 is 2.05 bits per heavy atom. The lowest BCUT2D eigenvalue weighted by molar-refractivity contribution is 0.0425. The third-order valence-corrected chi connectivity index (χ3v) is 2.87. The van der Waals surface area contributed by atoms with E-state index < -0.39 is 5.97 Å². The van der Waals surface area contributed by atoms with Gasteiger partial charge in [0.15, 0.2) is 5.69 Å². The van der Waals surface area contributed by atoms with Crippen LogP contribution in [0.5, 0.6) is 5.75 Å². The molecule has 0 aliphatic heterocycles. The average Bonchev–Trinajstić information content (AvgIpc) is 2.97. The van der Waals surface area contributed by atoms with Crippen LogP contribution in [0.3, 0.4) is 0 Å². The van der Waals surface area contributed by atoms with Gasteiger partial charge in [-0.1, -0.05) is 6.92 Å². The maximum absolute atomic E-state index is 11.9. The molecule has 1 heterocycles. The van der Waals surface area contributed by atoms with Crippen molar-refractivity contribution in [2.75, 3.05) is 20.3 Å². The maximum atomic E-state index is 11.9. The molecule has 6 heteroatoms.